The van der Waals surface area contributed by atoms with Crippen molar-refractivity contribution in [1.29, 1.82) is 0 Å². The number of aliphatic hydroxyl groups excluding tert-OH is 2. The van der Waals surface area contributed by atoms with Crippen LogP contribution in [0.25, 0.3) is 0 Å². The van der Waals surface area contributed by atoms with Crippen LogP contribution in [0.15, 0.2) is 12.4 Å². The van der Waals surface area contributed by atoms with Gasteiger partial charge in [0.05, 0.1) is 24.6 Å². The van der Waals surface area contributed by atoms with E-state index in [0.717, 1.165) is 6.42 Å². The zero-order valence-electron chi connectivity index (χ0n) is 20.8. The lowest BCUT2D eigenvalue weighted by molar-refractivity contribution is 0.278. The maximum atomic E-state index is 10.7. The first-order valence-electron chi connectivity index (χ1n) is 11.4. The Labute approximate surface area is 197 Å². The Morgan fingerprint density at radius 3 is 1.36 bits per heavy atom. The minimum atomic E-state index is -0.296. The van der Waals surface area contributed by atoms with Crippen LogP contribution in [0.5, 0.6) is 11.5 Å². The predicted octanol–water partition coefficient (Wildman–Crippen LogP) is 2.74. The summed E-state index contributed by atoms with van der Waals surface area (Å²) in [6, 6.07) is 0. The van der Waals surface area contributed by atoms with Crippen LogP contribution in [0.3, 0.4) is 0 Å². The fourth-order valence-corrected chi connectivity index (χ4v) is 3.68. The molecule has 0 bridgehead atoms. The summed E-state index contributed by atoms with van der Waals surface area (Å²) in [6.07, 6.45) is 4.08. The van der Waals surface area contributed by atoms with Crippen molar-refractivity contribution in [1.82, 2.24) is 20.6 Å². The van der Waals surface area contributed by atoms with E-state index in [4.69, 9.17) is 0 Å². The molecule has 2 aromatic heterocycles. The highest BCUT2D eigenvalue weighted by atomic mass is 16.3. The van der Waals surface area contributed by atoms with Gasteiger partial charge in [0.15, 0.2) is 0 Å². The lowest BCUT2D eigenvalue weighted by Crippen LogP contribution is -2.24. The van der Waals surface area contributed by atoms with Crippen LogP contribution in [0, 0.1) is 0 Å². The van der Waals surface area contributed by atoms with Gasteiger partial charge in [0.2, 0.25) is 0 Å². The molecule has 0 fully saturated rings. The molecule has 8 nitrogen and oxygen atoms in total. The molecule has 2 aromatic rings. The Morgan fingerprint density at radius 2 is 1.06 bits per heavy atom. The van der Waals surface area contributed by atoms with Crippen molar-refractivity contribution < 1.29 is 20.4 Å². The van der Waals surface area contributed by atoms with Crippen LogP contribution in [0.1, 0.15) is 81.6 Å². The summed E-state index contributed by atoms with van der Waals surface area (Å²) in [5.41, 5.74) is 3.22. The largest absolute Gasteiger partial charge is 0.506 e. The maximum absolute atomic E-state index is 10.7. The molecular weight excluding hydrogens is 420 g/mol. The van der Waals surface area contributed by atoms with Crippen LogP contribution >= 0.6 is 0 Å². The van der Waals surface area contributed by atoms with Gasteiger partial charge in [0.1, 0.15) is 11.5 Å². The molecule has 0 radical (unpaired) electrons. The number of aromatic nitrogens is 2. The average molecular weight is 461 g/mol. The molecule has 0 amide bonds. The monoisotopic (exact) mass is 460 g/mol. The molecule has 0 aliphatic heterocycles. The third-order valence-electron chi connectivity index (χ3n) is 5.57. The Bertz CT molecular complexity index is 858. The Hall–Kier alpha value is -2.26. The minimum absolute atomic E-state index is 0.138. The lowest BCUT2D eigenvalue weighted by atomic mass is 9.89. The molecule has 0 saturated heterocycles. The van der Waals surface area contributed by atoms with E-state index in [2.05, 4.69) is 20.6 Å². The SMILES string of the molecule is CC(C)(C)c1ncc(CO)c(CNCCCNCc2c(CO)cnc(C(C)(C)C)c2O)c1O. The van der Waals surface area contributed by atoms with E-state index in [1.54, 1.807) is 12.4 Å². The Morgan fingerprint density at radius 1 is 0.697 bits per heavy atom. The van der Waals surface area contributed by atoms with Crippen LogP contribution in [0.2, 0.25) is 0 Å². The number of rotatable bonds is 10. The van der Waals surface area contributed by atoms with Gasteiger partial charge in [0.25, 0.3) is 0 Å². The van der Waals surface area contributed by atoms with E-state index >= 15 is 0 Å². The van der Waals surface area contributed by atoms with Crippen LogP contribution in [0.4, 0.5) is 0 Å². The molecule has 0 saturated carbocycles. The summed E-state index contributed by atoms with van der Waals surface area (Å²) in [5, 5.41) is 47.2. The summed E-state index contributed by atoms with van der Waals surface area (Å²) < 4.78 is 0. The minimum Gasteiger partial charge on any atom is -0.506 e. The molecule has 0 spiro atoms. The van der Waals surface area contributed by atoms with Crippen molar-refractivity contribution in [2.75, 3.05) is 13.1 Å². The van der Waals surface area contributed by atoms with Crippen molar-refractivity contribution in [3.8, 4) is 11.5 Å². The summed E-state index contributed by atoms with van der Waals surface area (Å²) >= 11 is 0. The van der Waals surface area contributed by atoms with Gasteiger partial charge in [0, 0.05) is 58.6 Å². The van der Waals surface area contributed by atoms with E-state index in [1.165, 1.54) is 0 Å². The molecule has 0 aliphatic carbocycles. The lowest BCUT2D eigenvalue weighted by Gasteiger charge is -2.22. The Kier molecular flexibility index (Phi) is 9.20. The number of hydrogen-bond acceptors (Lipinski definition) is 8. The van der Waals surface area contributed by atoms with Gasteiger partial charge in [-0.3, -0.25) is 9.97 Å². The van der Waals surface area contributed by atoms with E-state index in [1.807, 2.05) is 41.5 Å². The first-order valence-corrected chi connectivity index (χ1v) is 11.4. The Balaban J connectivity index is 1.91. The second-order valence-corrected chi connectivity index (χ2v) is 10.4. The molecule has 0 aromatic carbocycles. The van der Waals surface area contributed by atoms with Crippen molar-refractivity contribution in [2.45, 2.75) is 85.1 Å². The van der Waals surface area contributed by atoms with E-state index in [9.17, 15) is 20.4 Å². The number of nitrogens with one attached hydrogen (secondary N) is 2. The molecule has 2 rings (SSSR count). The molecule has 0 atom stereocenters. The fraction of sp³-hybridized carbons (Fsp3) is 0.600. The quantitative estimate of drug-likeness (QED) is 0.299. The number of nitrogens with zero attached hydrogens (tertiary/aromatic N) is 2. The van der Waals surface area contributed by atoms with Gasteiger partial charge < -0.3 is 31.1 Å². The highest BCUT2D eigenvalue weighted by Crippen LogP contribution is 2.34. The number of aliphatic hydroxyl groups is 2. The van der Waals surface area contributed by atoms with Gasteiger partial charge >= 0.3 is 0 Å². The summed E-state index contributed by atoms with van der Waals surface area (Å²) in [4.78, 5) is 8.66. The molecular formula is C25H40N4O4. The van der Waals surface area contributed by atoms with Crippen LogP contribution in [-0.4, -0.2) is 43.5 Å². The van der Waals surface area contributed by atoms with Gasteiger partial charge in [-0.1, -0.05) is 41.5 Å². The second-order valence-electron chi connectivity index (χ2n) is 10.4. The molecule has 2 heterocycles. The molecule has 33 heavy (non-hydrogen) atoms. The van der Waals surface area contributed by atoms with Crippen molar-refractivity contribution in [3.05, 3.63) is 46.0 Å². The summed E-state index contributed by atoms with van der Waals surface area (Å²) in [7, 11) is 0. The van der Waals surface area contributed by atoms with Gasteiger partial charge in [-0.15, -0.1) is 0 Å². The molecule has 8 heteroatoms. The zero-order chi connectivity index (χ0) is 24.8. The molecule has 184 valence electrons. The molecule has 0 unspecified atom stereocenters. The topological polar surface area (TPSA) is 131 Å². The zero-order valence-corrected chi connectivity index (χ0v) is 20.8. The highest BCUT2D eigenvalue weighted by molar-refractivity contribution is 5.44. The van der Waals surface area contributed by atoms with Crippen molar-refractivity contribution >= 4 is 0 Å². The average Bonchev–Trinajstić information content (AvgIpc) is 2.72. The smallest absolute Gasteiger partial charge is 0.142 e. The molecule has 0 aliphatic rings. The van der Waals surface area contributed by atoms with Crippen molar-refractivity contribution in [2.24, 2.45) is 0 Å². The first-order chi connectivity index (χ1) is 15.4. The highest BCUT2D eigenvalue weighted by Gasteiger charge is 2.24. The number of pyridine rings is 2. The van der Waals surface area contributed by atoms with E-state index < -0.39 is 0 Å². The van der Waals surface area contributed by atoms with Crippen LogP contribution in [-0.2, 0) is 37.1 Å². The first kappa shape index (κ1) is 27.0. The fourth-order valence-electron chi connectivity index (χ4n) is 3.68. The van der Waals surface area contributed by atoms with E-state index in [0.29, 0.717) is 59.8 Å². The normalized spacial score (nSPS) is 12.4. The van der Waals surface area contributed by atoms with E-state index in [-0.39, 0.29) is 35.5 Å². The van der Waals surface area contributed by atoms with Gasteiger partial charge in [-0.2, -0.15) is 0 Å². The van der Waals surface area contributed by atoms with Gasteiger partial charge in [-0.05, 0) is 19.5 Å². The standard InChI is InChI=1S/C25H40N4O4/c1-24(2,3)22-20(32)18(16(14-30)10-28-22)12-26-8-7-9-27-13-19-17(15-31)11-29-23(21(19)33)25(4,5)6/h10-11,26-27,30-33H,7-9,12-15H2,1-6H3. The maximum Gasteiger partial charge on any atom is 0.142 e. The summed E-state index contributed by atoms with van der Waals surface area (Å²) in [5.74, 6) is 0.276. The third-order valence-corrected chi connectivity index (χ3v) is 5.57. The second kappa shape index (κ2) is 11.2. The van der Waals surface area contributed by atoms with Crippen LogP contribution < -0.4 is 10.6 Å². The number of hydrogen-bond donors (Lipinski definition) is 6. The third kappa shape index (κ3) is 6.86. The molecule has 6 N–H and O–H groups in total. The van der Waals surface area contributed by atoms with Crippen molar-refractivity contribution in [3.63, 3.8) is 0 Å². The summed E-state index contributed by atoms with van der Waals surface area (Å²) in [6.45, 7) is 13.9. The number of aromatic hydroxyl groups is 2. The van der Waals surface area contributed by atoms with Gasteiger partial charge in [-0.25, -0.2) is 0 Å². The predicted molar refractivity (Wildman–Crippen MR) is 129 cm³/mol.